The first kappa shape index (κ1) is 15.4. The van der Waals surface area contributed by atoms with Crippen LogP contribution in [0.15, 0.2) is 0 Å². The minimum Gasteiger partial charge on any atom is -0.481 e. The molecule has 0 aliphatic carbocycles. The number of aliphatic carboxylic acids is 2. The van der Waals surface area contributed by atoms with Gasteiger partial charge in [-0.1, -0.05) is 21.6 Å². The van der Waals surface area contributed by atoms with Crippen LogP contribution in [0.3, 0.4) is 0 Å². The van der Waals surface area contributed by atoms with Gasteiger partial charge >= 0.3 is 11.9 Å². The predicted octanol–water partition coefficient (Wildman–Crippen LogP) is 0.286. The van der Waals surface area contributed by atoms with Gasteiger partial charge in [-0.2, -0.15) is 0 Å². The highest BCUT2D eigenvalue weighted by atomic mass is 35.5. The molecule has 0 aliphatic rings. The summed E-state index contributed by atoms with van der Waals surface area (Å²) in [5.74, 6) is -1.82. The third kappa shape index (κ3) is 9.81. The van der Waals surface area contributed by atoms with Crippen molar-refractivity contribution < 1.29 is 19.8 Å². The molecule has 0 unspecified atom stereocenters. The molecule has 0 saturated heterocycles. The Morgan fingerprint density at radius 2 is 1.85 bits per heavy atom. The third-order valence-electron chi connectivity index (χ3n) is 0.831. The number of hydrogen-bond donors (Lipinski definition) is 3. The van der Waals surface area contributed by atoms with Crippen molar-refractivity contribution >= 4 is 45.9 Å². The number of halogens is 1. The van der Waals surface area contributed by atoms with Crippen molar-refractivity contribution in [2.75, 3.05) is 11.5 Å². The van der Waals surface area contributed by atoms with Crippen LogP contribution in [-0.4, -0.2) is 39.7 Å². The third-order valence-corrected chi connectivity index (χ3v) is 3.12. The van der Waals surface area contributed by atoms with Crippen LogP contribution in [-0.2, 0) is 9.59 Å². The van der Waals surface area contributed by atoms with Crippen molar-refractivity contribution in [2.24, 2.45) is 5.73 Å². The zero-order valence-corrected chi connectivity index (χ0v) is 8.95. The maximum absolute atomic E-state index is 10.2. The fourth-order valence-corrected chi connectivity index (χ4v) is 2.14. The second-order valence-electron chi connectivity index (χ2n) is 1.89. The molecule has 8 heteroatoms. The largest absolute Gasteiger partial charge is 0.481 e. The molecule has 0 radical (unpaired) electrons. The fraction of sp³-hybridized carbons (Fsp3) is 0.600. The molecule has 0 heterocycles. The van der Waals surface area contributed by atoms with Gasteiger partial charge in [-0.3, -0.25) is 9.59 Å². The van der Waals surface area contributed by atoms with Crippen LogP contribution in [0.4, 0.5) is 0 Å². The summed E-state index contributed by atoms with van der Waals surface area (Å²) in [6.07, 6.45) is 0. The molecule has 5 nitrogen and oxygen atoms in total. The predicted molar refractivity (Wildman–Crippen MR) is 55.4 cm³/mol. The van der Waals surface area contributed by atoms with Crippen molar-refractivity contribution in [1.82, 2.24) is 0 Å². The lowest BCUT2D eigenvalue weighted by molar-refractivity contribution is -0.138. The van der Waals surface area contributed by atoms with Crippen LogP contribution < -0.4 is 5.73 Å². The smallest absolute Gasteiger partial charge is 0.321 e. The van der Waals surface area contributed by atoms with Gasteiger partial charge in [-0.25, -0.2) is 0 Å². The van der Waals surface area contributed by atoms with Gasteiger partial charge in [0.1, 0.15) is 11.8 Å². The van der Waals surface area contributed by atoms with Gasteiger partial charge in [-0.05, 0) is 0 Å². The van der Waals surface area contributed by atoms with E-state index in [-0.39, 0.29) is 23.9 Å². The highest BCUT2D eigenvalue weighted by molar-refractivity contribution is 8.76. The Labute approximate surface area is 89.2 Å². The molecular weight excluding hydrogens is 238 g/mol. The Morgan fingerprint density at radius 3 is 2.23 bits per heavy atom. The number of carbonyl (C=O) groups is 2. The Balaban J connectivity index is 0. The Bertz CT molecular complexity index is 180. The molecule has 78 valence electrons. The molecule has 0 amide bonds. The van der Waals surface area contributed by atoms with Gasteiger partial charge in [0, 0.05) is 5.75 Å². The van der Waals surface area contributed by atoms with E-state index in [0.29, 0.717) is 0 Å². The minimum atomic E-state index is -1.07. The van der Waals surface area contributed by atoms with Crippen LogP contribution in [0, 0.1) is 0 Å². The Morgan fingerprint density at radius 1 is 1.31 bits per heavy atom. The molecule has 0 spiro atoms. The van der Waals surface area contributed by atoms with Gasteiger partial charge in [0.05, 0.1) is 0 Å². The summed E-state index contributed by atoms with van der Waals surface area (Å²) in [5, 5.41) is 16.5. The Kier molecular flexibility index (Phi) is 10.0. The summed E-state index contributed by atoms with van der Waals surface area (Å²) in [4.78, 5) is 20.2. The topological polar surface area (TPSA) is 101 Å². The zero-order valence-electron chi connectivity index (χ0n) is 6.50. The molecule has 0 saturated carbocycles. The molecule has 4 N–H and O–H groups in total. The molecular formula is C5H10ClNO4S2. The van der Waals surface area contributed by atoms with E-state index in [0.717, 1.165) is 21.6 Å². The molecule has 13 heavy (non-hydrogen) atoms. The van der Waals surface area contributed by atoms with Gasteiger partial charge < -0.3 is 15.9 Å². The van der Waals surface area contributed by atoms with E-state index in [4.69, 9.17) is 15.9 Å². The number of rotatable bonds is 6. The van der Waals surface area contributed by atoms with Gasteiger partial charge in [0.15, 0.2) is 0 Å². The highest BCUT2D eigenvalue weighted by Gasteiger charge is 2.11. The van der Waals surface area contributed by atoms with Crippen molar-refractivity contribution in [3.05, 3.63) is 0 Å². The van der Waals surface area contributed by atoms with E-state index < -0.39 is 18.0 Å². The first-order valence-electron chi connectivity index (χ1n) is 2.98. The molecule has 0 aromatic rings. The van der Waals surface area contributed by atoms with Gasteiger partial charge in [-0.15, -0.1) is 12.4 Å². The van der Waals surface area contributed by atoms with E-state index in [1.165, 1.54) is 0 Å². The fourth-order valence-electron chi connectivity index (χ4n) is 0.285. The van der Waals surface area contributed by atoms with E-state index >= 15 is 0 Å². The summed E-state index contributed by atoms with van der Waals surface area (Å²) >= 11 is 0. The van der Waals surface area contributed by atoms with Crippen LogP contribution in [0.5, 0.6) is 0 Å². The SMILES string of the molecule is Cl.N[C@@H](CSSCC(=O)O)C(=O)O. The lowest BCUT2D eigenvalue weighted by atomic mass is 10.4. The van der Waals surface area contributed by atoms with Crippen molar-refractivity contribution in [1.29, 1.82) is 0 Å². The quantitative estimate of drug-likeness (QED) is 0.458. The van der Waals surface area contributed by atoms with Crippen LogP contribution in [0.25, 0.3) is 0 Å². The van der Waals surface area contributed by atoms with E-state index in [9.17, 15) is 9.59 Å². The van der Waals surface area contributed by atoms with Gasteiger partial charge in [0.2, 0.25) is 0 Å². The second-order valence-corrected chi connectivity index (χ2v) is 4.39. The molecule has 0 aromatic heterocycles. The number of carboxylic acid groups (broad SMARTS) is 2. The summed E-state index contributed by atoms with van der Waals surface area (Å²) < 4.78 is 0. The first-order valence-corrected chi connectivity index (χ1v) is 5.47. The van der Waals surface area contributed by atoms with Crippen LogP contribution in [0.1, 0.15) is 0 Å². The first-order chi connectivity index (χ1) is 5.54. The molecule has 0 bridgehead atoms. The summed E-state index contributed by atoms with van der Waals surface area (Å²) in [7, 11) is 2.23. The van der Waals surface area contributed by atoms with E-state index in [1.807, 2.05) is 0 Å². The van der Waals surface area contributed by atoms with E-state index in [2.05, 4.69) is 0 Å². The Hall–Kier alpha value is -0.110. The van der Waals surface area contributed by atoms with Crippen molar-refractivity contribution in [3.8, 4) is 0 Å². The minimum absolute atomic E-state index is 0. The molecule has 0 rings (SSSR count). The van der Waals surface area contributed by atoms with Crippen LogP contribution in [0.2, 0.25) is 0 Å². The maximum Gasteiger partial charge on any atom is 0.321 e. The monoisotopic (exact) mass is 247 g/mol. The standard InChI is InChI=1S/C5H9NO4S2.ClH/c6-3(5(9)10)1-11-12-2-4(7)8;/h3H,1-2,6H2,(H,7,8)(H,9,10);1H/t3-;/m0./s1. The van der Waals surface area contributed by atoms with Crippen molar-refractivity contribution in [3.63, 3.8) is 0 Å². The highest BCUT2D eigenvalue weighted by Crippen LogP contribution is 2.20. The average molecular weight is 248 g/mol. The maximum atomic E-state index is 10.2. The van der Waals surface area contributed by atoms with Gasteiger partial charge in [0.25, 0.3) is 0 Å². The second kappa shape index (κ2) is 8.49. The van der Waals surface area contributed by atoms with E-state index in [1.54, 1.807) is 0 Å². The van der Waals surface area contributed by atoms with Crippen molar-refractivity contribution in [2.45, 2.75) is 6.04 Å². The zero-order chi connectivity index (χ0) is 9.56. The number of nitrogens with two attached hydrogens (primary N) is 1. The average Bonchev–Trinajstić information content (AvgIpc) is 1.97. The molecule has 0 fully saturated rings. The normalized spacial score (nSPS) is 11.5. The summed E-state index contributed by atoms with van der Waals surface area (Å²) in [5.41, 5.74) is 5.15. The number of carboxylic acids is 2. The lowest BCUT2D eigenvalue weighted by Crippen LogP contribution is -2.32. The summed E-state index contributed by atoms with van der Waals surface area (Å²) in [6, 6.07) is -0.920. The molecule has 0 aromatic carbocycles. The molecule has 1 atom stereocenters. The lowest BCUT2D eigenvalue weighted by Gasteiger charge is -2.03. The number of hydrogen-bond acceptors (Lipinski definition) is 5. The summed E-state index contributed by atoms with van der Waals surface area (Å²) in [6.45, 7) is 0. The molecule has 0 aliphatic heterocycles. The van der Waals surface area contributed by atoms with Crippen LogP contribution >= 0.6 is 34.0 Å².